The first-order chi connectivity index (χ1) is 16.0. The molecule has 0 aromatic heterocycles. The maximum Gasteiger partial charge on any atom is 0.282 e. The van der Waals surface area contributed by atoms with Crippen molar-refractivity contribution in [3.05, 3.63) is 53.7 Å². The van der Waals surface area contributed by atoms with Gasteiger partial charge in [-0.3, -0.25) is 9.59 Å². The van der Waals surface area contributed by atoms with Gasteiger partial charge < -0.3 is 24.2 Å². The van der Waals surface area contributed by atoms with Crippen molar-refractivity contribution >= 4 is 23.1 Å². The number of piperidine rings is 1. The fourth-order valence-electron chi connectivity index (χ4n) is 4.51. The van der Waals surface area contributed by atoms with E-state index in [2.05, 4.69) is 0 Å². The molecule has 174 valence electrons. The number of methoxy groups -OCH3 is 3. The maximum absolute atomic E-state index is 13.9. The number of ether oxygens (including phenoxy) is 3. The molecule has 0 bridgehead atoms. The highest BCUT2D eigenvalue weighted by Crippen LogP contribution is 2.42. The summed E-state index contributed by atoms with van der Waals surface area (Å²) in [6, 6.07) is 12.1. The van der Waals surface area contributed by atoms with E-state index in [4.69, 9.17) is 14.2 Å². The fraction of sp³-hybridized carbons (Fsp3) is 0.360. The van der Waals surface area contributed by atoms with Crippen LogP contribution in [-0.2, 0) is 9.59 Å². The first-order valence-corrected chi connectivity index (χ1v) is 10.9. The van der Waals surface area contributed by atoms with E-state index in [-0.39, 0.29) is 18.1 Å². The number of imide groups is 1. The molecule has 2 aliphatic heterocycles. The van der Waals surface area contributed by atoms with Gasteiger partial charge in [-0.2, -0.15) is 0 Å². The third-order valence-corrected chi connectivity index (χ3v) is 6.16. The summed E-state index contributed by atoms with van der Waals surface area (Å²) in [6.07, 6.45) is 1.69. The molecule has 0 spiro atoms. The van der Waals surface area contributed by atoms with E-state index in [1.807, 2.05) is 17.0 Å². The van der Waals surface area contributed by atoms with Gasteiger partial charge in [0.2, 0.25) is 0 Å². The van der Waals surface area contributed by atoms with Crippen LogP contribution in [0.25, 0.3) is 5.57 Å². The Morgan fingerprint density at radius 2 is 1.73 bits per heavy atom. The number of amides is 2. The van der Waals surface area contributed by atoms with Gasteiger partial charge in [0, 0.05) is 31.3 Å². The molecule has 8 heteroatoms. The standard InChI is InChI=1S/C25H28N2O6/c1-31-17-10-11-21(33-3)19(13-17)27-24(29)22(18-8-4-5-9-20(18)32-2)23(25(27)30)26-12-6-7-16(14-26)15-28/h4-5,8-11,13,16,28H,6-7,12,14-15H2,1-3H3. The number of para-hydroxylation sites is 1. The highest BCUT2D eigenvalue weighted by molar-refractivity contribution is 6.46. The summed E-state index contributed by atoms with van der Waals surface area (Å²) in [5.41, 5.74) is 1.45. The average Bonchev–Trinajstić information content (AvgIpc) is 3.12. The van der Waals surface area contributed by atoms with E-state index in [1.54, 1.807) is 30.3 Å². The van der Waals surface area contributed by atoms with Crippen LogP contribution in [0.2, 0.25) is 0 Å². The van der Waals surface area contributed by atoms with Crippen LogP contribution in [0.4, 0.5) is 5.69 Å². The Morgan fingerprint density at radius 1 is 0.970 bits per heavy atom. The molecular formula is C25H28N2O6. The van der Waals surface area contributed by atoms with Crippen molar-refractivity contribution in [1.29, 1.82) is 0 Å². The van der Waals surface area contributed by atoms with Crippen molar-refractivity contribution in [1.82, 2.24) is 4.90 Å². The third-order valence-electron chi connectivity index (χ3n) is 6.16. The highest BCUT2D eigenvalue weighted by Gasteiger charge is 2.45. The van der Waals surface area contributed by atoms with Crippen LogP contribution in [0.15, 0.2) is 48.2 Å². The fourth-order valence-corrected chi connectivity index (χ4v) is 4.51. The van der Waals surface area contributed by atoms with Crippen molar-refractivity contribution in [3.63, 3.8) is 0 Å². The lowest BCUT2D eigenvalue weighted by Crippen LogP contribution is -2.40. The minimum Gasteiger partial charge on any atom is -0.497 e. The number of benzene rings is 2. The molecule has 2 aromatic carbocycles. The number of likely N-dealkylation sites (tertiary alicyclic amines) is 1. The second-order valence-corrected chi connectivity index (χ2v) is 8.04. The zero-order valence-corrected chi connectivity index (χ0v) is 19.0. The Morgan fingerprint density at radius 3 is 2.42 bits per heavy atom. The van der Waals surface area contributed by atoms with Gasteiger partial charge in [-0.25, -0.2) is 4.90 Å². The second kappa shape index (κ2) is 9.54. The molecule has 4 rings (SSSR count). The molecular weight excluding hydrogens is 424 g/mol. The lowest BCUT2D eigenvalue weighted by molar-refractivity contribution is -0.120. The number of hydrogen-bond donors (Lipinski definition) is 1. The summed E-state index contributed by atoms with van der Waals surface area (Å²) in [4.78, 5) is 30.8. The zero-order valence-electron chi connectivity index (χ0n) is 19.0. The number of aliphatic hydroxyl groups is 1. The summed E-state index contributed by atoms with van der Waals surface area (Å²) in [6.45, 7) is 1.14. The first-order valence-electron chi connectivity index (χ1n) is 10.9. The van der Waals surface area contributed by atoms with Crippen molar-refractivity contribution in [2.24, 2.45) is 5.92 Å². The first kappa shape index (κ1) is 22.7. The molecule has 2 aromatic rings. The molecule has 1 atom stereocenters. The molecule has 33 heavy (non-hydrogen) atoms. The minimum atomic E-state index is -0.461. The topological polar surface area (TPSA) is 88.5 Å². The molecule has 1 saturated heterocycles. The average molecular weight is 453 g/mol. The summed E-state index contributed by atoms with van der Waals surface area (Å²) in [5, 5.41) is 9.74. The summed E-state index contributed by atoms with van der Waals surface area (Å²) >= 11 is 0. The van der Waals surface area contributed by atoms with Crippen LogP contribution in [-0.4, -0.2) is 62.8 Å². The molecule has 2 amide bonds. The van der Waals surface area contributed by atoms with Crippen LogP contribution >= 0.6 is 0 Å². The molecule has 8 nitrogen and oxygen atoms in total. The number of carbonyl (C=O) groups is 2. The van der Waals surface area contributed by atoms with Gasteiger partial charge in [0.05, 0.1) is 32.6 Å². The molecule has 0 radical (unpaired) electrons. The van der Waals surface area contributed by atoms with E-state index in [9.17, 15) is 14.7 Å². The monoisotopic (exact) mass is 452 g/mol. The Labute approximate surface area is 193 Å². The van der Waals surface area contributed by atoms with E-state index in [0.717, 1.165) is 17.7 Å². The van der Waals surface area contributed by atoms with Crippen LogP contribution < -0.4 is 19.1 Å². The van der Waals surface area contributed by atoms with Gasteiger partial charge in [0.15, 0.2) is 0 Å². The van der Waals surface area contributed by atoms with Crippen LogP contribution in [0.3, 0.4) is 0 Å². The van der Waals surface area contributed by atoms with Gasteiger partial charge in [-0.1, -0.05) is 18.2 Å². The van der Waals surface area contributed by atoms with Crippen molar-refractivity contribution in [2.75, 3.05) is 45.9 Å². The van der Waals surface area contributed by atoms with E-state index < -0.39 is 11.8 Å². The molecule has 1 N–H and O–H groups in total. The predicted octanol–water partition coefficient (Wildman–Crippen LogP) is 2.70. The van der Waals surface area contributed by atoms with Crippen molar-refractivity contribution in [2.45, 2.75) is 12.8 Å². The number of aliphatic hydroxyl groups excluding tert-OH is 1. The summed E-state index contributed by atoms with van der Waals surface area (Å²) < 4.78 is 16.3. The van der Waals surface area contributed by atoms with Crippen molar-refractivity contribution < 1.29 is 28.9 Å². The Hall–Kier alpha value is -3.52. The van der Waals surface area contributed by atoms with Gasteiger partial charge in [0.25, 0.3) is 11.8 Å². The minimum absolute atomic E-state index is 0.0311. The number of hydrogen-bond acceptors (Lipinski definition) is 7. The van der Waals surface area contributed by atoms with Gasteiger partial charge in [-0.05, 0) is 37.0 Å². The number of anilines is 1. The lowest BCUT2D eigenvalue weighted by atomic mass is 9.96. The zero-order chi connectivity index (χ0) is 23.5. The molecule has 0 saturated carbocycles. The quantitative estimate of drug-likeness (QED) is 0.646. The smallest absolute Gasteiger partial charge is 0.282 e. The van der Waals surface area contributed by atoms with Gasteiger partial charge >= 0.3 is 0 Å². The normalized spacial score (nSPS) is 18.7. The van der Waals surface area contributed by atoms with Crippen molar-refractivity contribution in [3.8, 4) is 17.2 Å². The lowest BCUT2D eigenvalue weighted by Gasteiger charge is -2.34. The number of rotatable bonds is 7. The third kappa shape index (κ3) is 4.02. The SMILES string of the molecule is COc1ccc(OC)c(N2C(=O)C(c3ccccc3OC)=C(N3CCCC(CO)C3)C2=O)c1. The summed E-state index contributed by atoms with van der Waals surface area (Å²) in [7, 11) is 4.54. The van der Waals surface area contributed by atoms with Crippen LogP contribution in [0.1, 0.15) is 18.4 Å². The second-order valence-electron chi connectivity index (χ2n) is 8.04. The molecule has 2 aliphatic rings. The number of carbonyl (C=O) groups excluding carboxylic acids is 2. The Bertz CT molecular complexity index is 1100. The largest absolute Gasteiger partial charge is 0.497 e. The van der Waals surface area contributed by atoms with Gasteiger partial charge in [-0.15, -0.1) is 0 Å². The molecule has 0 aliphatic carbocycles. The maximum atomic E-state index is 13.9. The Kier molecular flexibility index (Phi) is 6.55. The Balaban J connectivity index is 1.89. The predicted molar refractivity (Wildman–Crippen MR) is 123 cm³/mol. The summed E-state index contributed by atoms with van der Waals surface area (Å²) in [5.74, 6) is 0.514. The molecule has 2 heterocycles. The molecule has 1 unspecified atom stereocenters. The molecule has 1 fully saturated rings. The van der Waals surface area contributed by atoms with E-state index >= 15 is 0 Å². The highest BCUT2D eigenvalue weighted by atomic mass is 16.5. The van der Waals surface area contributed by atoms with Crippen LogP contribution in [0, 0.1) is 5.92 Å². The van der Waals surface area contributed by atoms with Crippen LogP contribution in [0.5, 0.6) is 17.2 Å². The van der Waals surface area contributed by atoms with E-state index in [0.29, 0.717) is 47.3 Å². The van der Waals surface area contributed by atoms with E-state index in [1.165, 1.54) is 21.3 Å². The van der Waals surface area contributed by atoms with Gasteiger partial charge in [0.1, 0.15) is 22.9 Å². The number of nitrogens with zero attached hydrogens (tertiary/aromatic N) is 2.